The lowest BCUT2D eigenvalue weighted by Gasteiger charge is -2.23. The lowest BCUT2D eigenvalue weighted by molar-refractivity contribution is 0.328. The van der Waals surface area contributed by atoms with E-state index in [-0.39, 0.29) is 0 Å². The molecule has 1 unspecified atom stereocenters. The Morgan fingerprint density at radius 3 is 2.69 bits per heavy atom. The topological polar surface area (TPSA) is 38.5 Å². The molecule has 88 valence electrons. The Kier molecular flexibility index (Phi) is 3.67. The quantitative estimate of drug-likeness (QED) is 0.843. The second-order valence-corrected chi connectivity index (χ2v) is 4.32. The summed E-state index contributed by atoms with van der Waals surface area (Å²) in [4.78, 5) is 2.45. The first-order valence-corrected chi connectivity index (χ1v) is 6.01. The molecule has 0 bridgehead atoms. The second kappa shape index (κ2) is 5.21. The van der Waals surface area contributed by atoms with E-state index >= 15 is 0 Å². The van der Waals surface area contributed by atoms with Crippen molar-refractivity contribution in [2.45, 2.75) is 25.8 Å². The van der Waals surface area contributed by atoms with Gasteiger partial charge in [0.2, 0.25) is 0 Å². The molecule has 0 aliphatic carbocycles. The van der Waals surface area contributed by atoms with E-state index in [1.165, 1.54) is 25.1 Å². The molecule has 1 aromatic rings. The molecule has 0 aromatic heterocycles. The smallest absolute Gasteiger partial charge is 0.119 e. The summed E-state index contributed by atoms with van der Waals surface area (Å²) in [7, 11) is 0. The Hall–Kier alpha value is -1.22. The molecule has 2 rings (SSSR count). The first-order chi connectivity index (χ1) is 7.81. The van der Waals surface area contributed by atoms with Crippen molar-refractivity contribution in [2.75, 3.05) is 24.6 Å². The summed E-state index contributed by atoms with van der Waals surface area (Å²) in [6, 6.07) is 8.98. The maximum absolute atomic E-state index is 5.46. The van der Waals surface area contributed by atoms with Crippen LogP contribution in [0.15, 0.2) is 24.3 Å². The molecule has 0 amide bonds. The van der Waals surface area contributed by atoms with Crippen molar-refractivity contribution >= 4 is 5.69 Å². The molecule has 2 N–H and O–H groups in total. The van der Waals surface area contributed by atoms with Gasteiger partial charge in [-0.1, -0.05) is 0 Å². The van der Waals surface area contributed by atoms with Crippen LogP contribution in [0, 0.1) is 0 Å². The van der Waals surface area contributed by atoms with Gasteiger partial charge in [0.05, 0.1) is 0 Å². The third-order valence-electron chi connectivity index (χ3n) is 3.11. The van der Waals surface area contributed by atoms with Gasteiger partial charge in [0.1, 0.15) is 12.4 Å². The predicted octanol–water partition coefficient (Wildman–Crippen LogP) is 2.01. The van der Waals surface area contributed by atoms with Crippen molar-refractivity contribution < 1.29 is 4.74 Å². The lowest BCUT2D eigenvalue weighted by Crippen LogP contribution is -2.25. The highest BCUT2D eigenvalue weighted by atomic mass is 16.5. The monoisotopic (exact) mass is 220 g/mol. The highest BCUT2D eigenvalue weighted by Crippen LogP contribution is 2.26. The molecule has 3 heteroatoms. The summed E-state index contributed by atoms with van der Waals surface area (Å²) >= 11 is 0. The van der Waals surface area contributed by atoms with Gasteiger partial charge < -0.3 is 15.4 Å². The largest absolute Gasteiger partial charge is 0.492 e. The van der Waals surface area contributed by atoms with Gasteiger partial charge in [0, 0.05) is 24.8 Å². The van der Waals surface area contributed by atoms with Crippen molar-refractivity contribution in [3.05, 3.63) is 24.3 Å². The van der Waals surface area contributed by atoms with Crippen LogP contribution in [0.25, 0.3) is 0 Å². The zero-order chi connectivity index (χ0) is 11.4. The van der Waals surface area contributed by atoms with Crippen LogP contribution in [-0.4, -0.2) is 25.7 Å². The SMILES string of the molecule is CC1CCCN1c1ccc(OCCN)cc1. The number of rotatable bonds is 4. The zero-order valence-electron chi connectivity index (χ0n) is 9.86. The van der Waals surface area contributed by atoms with Crippen molar-refractivity contribution in [3.8, 4) is 5.75 Å². The van der Waals surface area contributed by atoms with Crippen molar-refractivity contribution in [1.29, 1.82) is 0 Å². The summed E-state index contributed by atoms with van der Waals surface area (Å²) in [5.74, 6) is 0.904. The zero-order valence-corrected chi connectivity index (χ0v) is 9.86. The molecule has 1 saturated heterocycles. The Labute approximate surface area is 97.2 Å². The minimum absolute atomic E-state index is 0.560. The van der Waals surface area contributed by atoms with Gasteiger partial charge in [-0.3, -0.25) is 0 Å². The van der Waals surface area contributed by atoms with Crippen molar-refractivity contribution in [1.82, 2.24) is 0 Å². The molecule has 1 heterocycles. The fourth-order valence-electron chi connectivity index (χ4n) is 2.23. The molecule has 1 fully saturated rings. The average molecular weight is 220 g/mol. The molecular weight excluding hydrogens is 200 g/mol. The Morgan fingerprint density at radius 2 is 2.12 bits per heavy atom. The Balaban J connectivity index is 2.01. The van der Waals surface area contributed by atoms with Gasteiger partial charge in [-0.05, 0) is 44.0 Å². The summed E-state index contributed by atoms with van der Waals surface area (Å²) in [6.45, 7) is 4.60. The summed E-state index contributed by atoms with van der Waals surface area (Å²) < 4.78 is 5.46. The molecule has 1 atom stereocenters. The number of hydrogen-bond acceptors (Lipinski definition) is 3. The molecule has 1 aliphatic rings. The maximum atomic E-state index is 5.46. The molecule has 1 aromatic carbocycles. The predicted molar refractivity (Wildman–Crippen MR) is 67.0 cm³/mol. The molecule has 16 heavy (non-hydrogen) atoms. The number of nitrogens with zero attached hydrogens (tertiary/aromatic N) is 1. The van der Waals surface area contributed by atoms with Crippen LogP contribution in [0.1, 0.15) is 19.8 Å². The van der Waals surface area contributed by atoms with E-state index < -0.39 is 0 Å². The van der Waals surface area contributed by atoms with Gasteiger partial charge in [0.25, 0.3) is 0 Å². The molecular formula is C13H20N2O. The van der Waals surface area contributed by atoms with Crippen LogP contribution in [-0.2, 0) is 0 Å². The van der Waals surface area contributed by atoms with Gasteiger partial charge in [-0.25, -0.2) is 0 Å². The third kappa shape index (κ3) is 2.47. The lowest BCUT2D eigenvalue weighted by atomic mass is 10.2. The van der Waals surface area contributed by atoms with Crippen LogP contribution < -0.4 is 15.4 Å². The van der Waals surface area contributed by atoms with Crippen LogP contribution in [0.2, 0.25) is 0 Å². The van der Waals surface area contributed by atoms with E-state index in [0.717, 1.165) is 5.75 Å². The molecule has 1 aliphatic heterocycles. The molecule has 0 spiro atoms. The average Bonchev–Trinajstić information content (AvgIpc) is 2.74. The van der Waals surface area contributed by atoms with E-state index in [0.29, 0.717) is 19.2 Å². The number of anilines is 1. The van der Waals surface area contributed by atoms with E-state index in [1.54, 1.807) is 0 Å². The normalized spacial score (nSPS) is 20.1. The Morgan fingerprint density at radius 1 is 1.38 bits per heavy atom. The van der Waals surface area contributed by atoms with Gasteiger partial charge in [0.15, 0.2) is 0 Å². The maximum Gasteiger partial charge on any atom is 0.119 e. The van der Waals surface area contributed by atoms with Crippen LogP contribution >= 0.6 is 0 Å². The summed E-state index contributed by atoms with van der Waals surface area (Å²) in [6.07, 6.45) is 2.60. The highest BCUT2D eigenvalue weighted by molar-refractivity contribution is 5.50. The Bertz CT molecular complexity index is 323. The van der Waals surface area contributed by atoms with Gasteiger partial charge in [-0.2, -0.15) is 0 Å². The minimum atomic E-state index is 0.560. The van der Waals surface area contributed by atoms with E-state index in [1.807, 2.05) is 12.1 Å². The molecule has 0 radical (unpaired) electrons. The number of hydrogen-bond donors (Lipinski definition) is 1. The summed E-state index contributed by atoms with van der Waals surface area (Å²) in [5, 5.41) is 0. The van der Waals surface area contributed by atoms with Gasteiger partial charge >= 0.3 is 0 Å². The second-order valence-electron chi connectivity index (χ2n) is 4.32. The van der Waals surface area contributed by atoms with E-state index in [4.69, 9.17) is 10.5 Å². The highest BCUT2D eigenvalue weighted by Gasteiger charge is 2.20. The third-order valence-corrected chi connectivity index (χ3v) is 3.11. The number of benzene rings is 1. The fraction of sp³-hybridized carbons (Fsp3) is 0.538. The fourth-order valence-corrected chi connectivity index (χ4v) is 2.23. The minimum Gasteiger partial charge on any atom is -0.492 e. The molecule has 0 saturated carbocycles. The van der Waals surface area contributed by atoms with Crippen LogP contribution in [0.5, 0.6) is 5.75 Å². The van der Waals surface area contributed by atoms with Gasteiger partial charge in [-0.15, -0.1) is 0 Å². The first kappa shape index (κ1) is 11.3. The number of nitrogens with two attached hydrogens (primary N) is 1. The molecule has 3 nitrogen and oxygen atoms in total. The standard InChI is InChI=1S/C13H20N2O/c1-11-3-2-9-15(11)12-4-6-13(7-5-12)16-10-8-14/h4-7,11H,2-3,8-10,14H2,1H3. The summed E-state index contributed by atoms with van der Waals surface area (Å²) in [5.41, 5.74) is 6.69. The first-order valence-electron chi connectivity index (χ1n) is 6.01. The number of ether oxygens (including phenoxy) is 1. The van der Waals surface area contributed by atoms with E-state index in [9.17, 15) is 0 Å². The van der Waals surface area contributed by atoms with Crippen molar-refractivity contribution in [2.24, 2.45) is 5.73 Å². The van der Waals surface area contributed by atoms with E-state index in [2.05, 4.69) is 24.0 Å². The van der Waals surface area contributed by atoms with Crippen molar-refractivity contribution in [3.63, 3.8) is 0 Å². The van der Waals surface area contributed by atoms with Crippen LogP contribution in [0.4, 0.5) is 5.69 Å². The van der Waals surface area contributed by atoms with Crippen LogP contribution in [0.3, 0.4) is 0 Å².